The molecule has 6 heavy (non-hydrogen) atoms. The van der Waals surface area contributed by atoms with E-state index in [1.165, 1.54) is 0 Å². The van der Waals surface area contributed by atoms with Crippen LogP contribution in [0.25, 0.3) is 0 Å². The summed E-state index contributed by atoms with van der Waals surface area (Å²) in [5.41, 5.74) is 0. The maximum absolute atomic E-state index is 7.99. The first kappa shape index (κ1) is 5.88. The summed E-state index contributed by atoms with van der Waals surface area (Å²) in [6.07, 6.45) is -1.34. The standard InChI is InChI=1S/C3H8NO2/c1-4-2-3(5)6/h2-6H,1H3. The van der Waals surface area contributed by atoms with E-state index >= 15 is 0 Å². The highest BCUT2D eigenvalue weighted by atomic mass is 16.5. The molecule has 0 aliphatic rings. The van der Waals surface area contributed by atoms with Gasteiger partial charge in [-0.25, -0.2) is 0 Å². The van der Waals surface area contributed by atoms with Crippen LogP contribution in [0.1, 0.15) is 0 Å². The summed E-state index contributed by atoms with van der Waals surface area (Å²) >= 11 is 0. The fourth-order valence-electron chi connectivity index (χ4n) is 0.149. The highest BCUT2D eigenvalue weighted by Crippen LogP contribution is 1.71. The van der Waals surface area contributed by atoms with E-state index < -0.39 is 6.29 Å². The molecule has 0 rings (SSSR count). The van der Waals surface area contributed by atoms with E-state index in [1.807, 2.05) is 0 Å². The molecule has 37 valence electrons. The van der Waals surface area contributed by atoms with Crippen molar-refractivity contribution in [3.05, 3.63) is 6.54 Å². The Balaban J connectivity index is 2.63. The Morgan fingerprint density at radius 2 is 2.17 bits per heavy atom. The number of aliphatic hydroxyl groups is 2. The van der Waals surface area contributed by atoms with Crippen LogP contribution < -0.4 is 5.32 Å². The van der Waals surface area contributed by atoms with Crippen molar-refractivity contribution in [3.63, 3.8) is 0 Å². The summed E-state index contributed by atoms with van der Waals surface area (Å²) < 4.78 is 0. The van der Waals surface area contributed by atoms with Crippen LogP contribution in [0.4, 0.5) is 0 Å². The van der Waals surface area contributed by atoms with Crippen LogP contribution in [0.2, 0.25) is 0 Å². The van der Waals surface area contributed by atoms with Gasteiger partial charge in [-0.1, -0.05) is 0 Å². The van der Waals surface area contributed by atoms with E-state index in [1.54, 1.807) is 7.05 Å². The Kier molecular flexibility index (Phi) is 3.02. The number of hydrogen-bond acceptors (Lipinski definition) is 3. The second-order valence-electron chi connectivity index (χ2n) is 0.869. The summed E-state index contributed by atoms with van der Waals surface area (Å²) in [5, 5.41) is 18.4. The van der Waals surface area contributed by atoms with E-state index in [9.17, 15) is 0 Å². The van der Waals surface area contributed by atoms with E-state index in [0.29, 0.717) is 0 Å². The van der Waals surface area contributed by atoms with Gasteiger partial charge in [-0.05, 0) is 7.05 Å². The zero-order chi connectivity index (χ0) is 4.99. The molecule has 0 heterocycles. The second kappa shape index (κ2) is 3.08. The lowest BCUT2D eigenvalue weighted by molar-refractivity contribution is -0.0157. The Bertz CT molecular complexity index is 30.0. The Morgan fingerprint density at radius 1 is 1.67 bits per heavy atom. The van der Waals surface area contributed by atoms with Gasteiger partial charge in [0.2, 0.25) is 0 Å². The highest BCUT2D eigenvalue weighted by Gasteiger charge is 1.89. The third kappa shape index (κ3) is 3.88. The van der Waals surface area contributed by atoms with Gasteiger partial charge in [0.05, 0.1) is 6.54 Å². The van der Waals surface area contributed by atoms with Crippen molar-refractivity contribution in [1.29, 1.82) is 0 Å². The number of hydrogen-bond donors (Lipinski definition) is 3. The van der Waals surface area contributed by atoms with Crippen LogP contribution in [0.5, 0.6) is 0 Å². The summed E-state index contributed by atoms with van der Waals surface area (Å²) in [5.74, 6) is 0. The largest absolute Gasteiger partial charge is 0.367 e. The Hall–Kier alpha value is -0.120. The molecule has 0 saturated heterocycles. The molecule has 0 aromatic rings. The number of likely N-dealkylation sites (N-methyl/N-ethyl adjacent to an activating group) is 1. The fourth-order valence-corrected chi connectivity index (χ4v) is 0.149. The molecular formula is C3H8NO2. The SMILES string of the molecule is CN[CH]C(O)O. The van der Waals surface area contributed by atoms with Crippen LogP contribution in [0, 0.1) is 6.54 Å². The van der Waals surface area contributed by atoms with Crippen molar-refractivity contribution in [1.82, 2.24) is 5.32 Å². The summed E-state index contributed by atoms with van der Waals surface area (Å²) in [7, 11) is 1.60. The average molecular weight is 90.1 g/mol. The number of aliphatic hydroxyl groups excluding tert-OH is 1. The molecule has 3 nitrogen and oxygen atoms in total. The molecule has 1 radical (unpaired) electrons. The lowest BCUT2D eigenvalue weighted by Crippen LogP contribution is -2.15. The maximum atomic E-state index is 7.99. The van der Waals surface area contributed by atoms with Gasteiger partial charge in [-0.3, -0.25) is 0 Å². The molecule has 0 amide bonds. The average Bonchev–Trinajstić information content (AvgIpc) is 1.35. The molecule has 0 aromatic heterocycles. The van der Waals surface area contributed by atoms with Crippen molar-refractivity contribution in [3.8, 4) is 0 Å². The molecule has 0 spiro atoms. The third-order valence-electron chi connectivity index (χ3n) is 0.316. The van der Waals surface area contributed by atoms with Gasteiger partial charge in [0.15, 0.2) is 6.29 Å². The van der Waals surface area contributed by atoms with E-state index in [2.05, 4.69) is 5.32 Å². The first-order chi connectivity index (χ1) is 2.77. The topological polar surface area (TPSA) is 52.5 Å². The van der Waals surface area contributed by atoms with Crippen molar-refractivity contribution >= 4 is 0 Å². The minimum Gasteiger partial charge on any atom is -0.367 e. The van der Waals surface area contributed by atoms with E-state index in [4.69, 9.17) is 10.2 Å². The monoisotopic (exact) mass is 90.1 g/mol. The van der Waals surface area contributed by atoms with Crippen LogP contribution in [0.15, 0.2) is 0 Å². The van der Waals surface area contributed by atoms with Gasteiger partial charge < -0.3 is 15.5 Å². The van der Waals surface area contributed by atoms with Gasteiger partial charge in [0.25, 0.3) is 0 Å². The maximum Gasteiger partial charge on any atom is 0.168 e. The first-order valence-electron chi connectivity index (χ1n) is 1.64. The molecule has 0 bridgehead atoms. The Morgan fingerprint density at radius 3 is 2.17 bits per heavy atom. The quantitative estimate of drug-likeness (QED) is 0.368. The van der Waals surface area contributed by atoms with Crippen molar-refractivity contribution < 1.29 is 10.2 Å². The van der Waals surface area contributed by atoms with Crippen molar-refractivity contribution in [2.75, 3.05) is 7.05 Å². The normalized spacial score (nSPS) is 10.0. The molecule has 0 unspecified atom stereocenters. The van der Waals surface area contributed by atoms with Crippen LogP contribution in [-0.4, -0.2) is 23.6 Å². The molecule has 0 fully saturated rings. The third-order valence-corrected chi connectivity index (χ3v) is 0.316. The number of rotatable bonds is 2. The van der Waals surface area contributed by atoms with Gasteiger partial charge in [-0.15, -0.1) is 0 Å². The molecule has 3 N–H and O–H groups in total. The van der Waals surface area contributed by atoms with Gasteiger partial charge in [0.1, 0.15) is 0 Å². The fraction of sp³-hybridized carbons (Fsp3) is 0.667. The molecule has 3 heteroatoms. The lowest BCUT2D eigenvalue weighted by atomic mass is 10.6. The molecule has 0 aromatic carbocycles. The summed E-state index contributed by atoms with van der Waals surface area (Å²) in [6.45, 7) is 1.15. The summed E-state index contributed by atoms with van der Waals surface area (Å²) in [4.78, 5) is 0. The minimum atomic E-state index is -1.34. The smallest absolute Gasteiger partial charge is 0.168 e. The predicted molar refractivity (Wildman–Crippen MR) is 21.6 cm³/mol. The zero-order valence-corrected chi connectivity index (χ0v) is 3.55. The number of nitrogens with one attached hydrogen (secondary N) is 1. The molecule has 0 saturated carbocycles. The van der Waals surface area contributed by atoms with Crippen molar-refractivity contribution in [2.45, 2.75) is 6.29 Å². The van der Waals surface area contributed by atoms with Gasteiger partial charge in [-0.2, -0.15) is 0 Å². The molecular weight excluding hydrogens is 82.0 g/mol. The first-order valence-corrected chi connectivity index (χ1v) is 1.64. The predicted octanol–water partition coefficient (Wildman–Crippen LogP) is -1.32. The van der Waals surface area contributed by atoms with E-state index in [0.717, 1.165) is 6.54 Å². The van der Waals surface area contributed by atoms with Crippen molar-refractivity contribution in [2.24, 2.45) is 0 Å². The van der Waals surface area contributed by atoms with Crippen LogP contribution >= 0.6 is 0 Å². The summed E-state index contributed by atoms with van der Waals surface area (Å²) in [6, 6.07) is 0. The molecule has 0 aliphatic heterocycles. The molecule has 0 atom stereocenters. The minimum absolute atomic E-state index is 1.15. The van der Waals surface area contributed by atoms with E-state index in [-0.39, 0.29) is 0 Å². The Labute approximate surface area is 36.6 Å². The zero-order valence-electron chi connectivity index (χ0n) is 3.55. The van der Waals surface area contributed by atoms with Gasteiger partial charge in [0, 0.05) is 0 Å². The lowest BCUT2D eigenvalue weighted by Gasteiger charge is -1.96. The van der Waals surface area contributed by atoms with Crippen LogP contribution in [-0.2, 0) is 0 Å². The van der Waals surface area contributed by atoms with Gasteiger partial charge >= 0.3 is 0 Å². The van der Waals surface area contributed by atoms with Crippen LogP contribution in [0.3, 0.4) is 0 Å². The second-order valence-corrected chi connectivity index (χ2v) is 0.869. The highest BCUT2D eigenvalue weighted by molar-refractivity contribution is 4.56. The molecule has 0 aliphatic carbocycles.